The molecule has 1 aliphatic rings. The molecule has 1 fully saturated rings. The maximum atomic E-state index is 5.74. The fourth-order valence-corrected chi connectivity index (χ4v) is 1.91. The van der Waals surface area contributed by atoms with Gasteiger partial charge in [-0.1, -0.05) is 26.8 Å². The second-order valence-corrected chi connectivity index (χ2v) is 5.75. The van der Waals surface area contributed by atoms with E-state index in [0.717, 1.165) is 18.7 Å². The minimum atomic E-state index is 0.171. The molecule has 1 aliphatic carbocycles. The van der Waals surface area contributed by atoms with Crippen LogP contribution in [0.4, 0.5) is 5.82 Å². The zero-order chi connectivity index (χ0) is 11.8. The molecule has 2 rings (SSSR count). The van der Waals surface area contributed by atoms with Gasteiger partial charge in [0.05, 0.1) is 0 Å². The third-order valence-corrected chi connectivity index (χ3v) is 3.16. The SMILES string of the molecule is CC(C)(C)c1ccc(NC2CC(N)C2)nc1. The topological polar surface area (TPSA) is 50.9 Å². The number of rotatable bonds is 2. The predicted octanol–water partition coefficient (Wildman–Crippen LogP) is 2.28. The summed E-state index contributed by atoms with van der Waals surface area (Å²) in [5.41, 5.74) is 7.18. The molecule has 88 valence electrons. The highest BCUT2D eigenvalue weighted by Gasteiger charge is 2.25. The maximum absolute atomic E-state index is 5.74. The van der Waals surface area contributed by atoms with Crippen molar-refractivity contribution < 1.29 is 0 Å². The van der Waals surface area contributed by atoms with E-state index in [1.165, 1.54) is 5.56 Å². The summed E-state index contributed by atoms with van der Waals surface area (Å²) in [6.45, 7) is 6.59. The average molecular weight is 219 g/mol. The number of anilines is 1. The molecule has 0 saturated heterocycles. The molecule has 0 radical (unpaired) electrons. The lowest BCUT2D eigenvalue weighted by Crippen LogP contribution is -2.44. The number of hydrogen-bond acceptors (Lipinski definition) is 3. The van der Waals surface area contributed by atoms with Gasteiger partial charge in [0.25, 0.3) is 0 Å². The van der Waals surface area contributed by atoms with Gasteiger partial charge in [-0.25, -0.2) is 4.98 Å². The number of nitrogens with two attached hydrogens (primary N) is 1. The fraction of sp³-hybridized carbons (Fsp3) is 0.615. The van der Waals surface area contributed by atoms with Crippen LogP contribution in [0.2, 0.25) is 0 Å². The van der Waals surface area contributed by atoms with Crippen LogP contribution < -0.4 is 11.1 Å². The van der Waals surface area contributed by atoms with Crippen molar-refractivity contribution in [3.05, 3.63) is 23.9 Å². The molecule has 16 heavy (non-hydrogen) atoms. The Morgan fingerprint density at radius 1 is 1.31 bits per heavy atom. The lowest BCUT2D eigenvalue weighted by Gasteiger charge is -2.33. The molecule has 0 aliphatic heterocycles. The van der Waals surface area contributed by atoms with E-state index >= 15 is 0 Å². The number of nitrogens with zero attached hydrogens (tertiary/aromatic N) is 1. The van der Waals surface area contributed by atoms with Gasteiger partial charge in [-0.15, -0.1) is 0 Å². The van der Waals surface area contributed by atoms with Crippen molar-refractivity contribution in [2.75, 3.05) is 5.32 Å². The number of pyridine rings is 1. The van der Waals surface area contributed by atoms with Crippen molar-refractivity contribution in [2.45, 2.75) is 51.1 Å². The summed E-state index contributed by atoms with van der Waals surface area (Å²) in [5, 5.41) is 3.40. The fourth-order valence-electron chi connectivity index (χ4n) is 1.91. The van der Waals surface area contributed by atoms with Crippen molar-refractivity contribution in [1.29, 1.82) is 0 Å². The Morgan fingerprint density at radius 2 is 2.00 bits per heavy atom. The highest BCUT2D eigenvalue weighted by molar-refractivity contribution is 5.38. The second-order valence-electron chi connectivity index (χ2n) is 5.75. The van der Waals surface area contributed by atoms with E-state index in [2.05, 4.69) is 43.2 Å². The molecule has 0 aromatic carbocycles. The van der Waals surface area contributed by atoms with Gasteiger partial charge in [-0.05, 0) is 29.9 Å². The summed E-state index contributed by atoms with van der Waals surface area (Å²) < 4.78 is 0. The van der Waals surface area contributed by atoms with Crippen LogP contribution in [0.15, 0.2) is 18.3 Å². The maximum Gasteiger partial charge on any atom is 0.126 e. The van der Waals surface area contributed by atoms with Gasteiger partial charge in [0, 0.05) is 18.3 Å². The highest BCUT2D eigenvalue weighted by Crippen LogP contribution is 2.24. The summed E-state index contributed by atoms with van der Waals surface area (Å²) in [5.74, 6) is 0.963. The van der Waals surface area contributed by atoms with E-state index in [1.54, 1.807) is 0 Å². The van der Waals surface area contributed by atoms with Crippen LogP contribution in [0.5, 0.6) is 0 Å². The van der Waals surface area contributed by atoms with Gasteiger partial charge >= 0.3 is 0 Å². The van der Waals surface area contributed by atoms with Crippen molar-refractivity contribution >= 4 is 5.82 Å². The van der Waals surface area contributed by atoms with E-state index in [1.807, 2.05) is 6.20 Å². The molecule has 1 heterocycles. The smallest absolute Gasteiger partial charge is 0.126 e. The van der Waals surface area contributed by atoms with Crippen molar-refractivity contribution in [2.24, 2.45) is 5.73 Å². The third-order valence-electron chi connectivity index (χ3n) is 3.16. The van der Waals surface area contributed by atoms with E-state index in [4.69, 9.17) is 5.73 Å². The van der Waals surface area contributed by atoms with Gasteiger partial charge in [0.2, 0.25) is 0 Å². The molecule has 1 aromatic heterocycles. The number of aromatic nitrogens is 1. The molecule has 3 N–H and O–H groups in total. The lowest BCUT2D eigenvalue weighted by molar-refractivity contribution is 0.373. The Bertz CT molecular complexity index is 344. The molecular formula is C13H21N3. The van der Waals surface area contributed by atoms with E-state index in [0.29, 0.717) is 12.1 Å². The van der Waals surface area contributed by atoms with Gasteiger partial charge in [0.15, 0.2) is 0 Å². The monoisotopic (exact) mass is 219 g/mol. The second kappa shape index (κ2) is 4.06. The Morgan fingerprint density at radius 3 is 2.44 bits per heavy atom. The summed E-state index contributed by atoms with van der Waals surface area (Å²) in [6.07, 6.45) is 4.08. The number of hydrogen-bond donors (Lipinski definition) is 2. The quantitative estimate of drug-likeness (QED) is 0.802. The van der Waals surface area contributed by atoms with Gasteiger partial charge in [-0.3, -0.25) is 0 Å². The van der Waals surface area contributed by atoms with Crippen LogP contribution in [-0.4, -0.2) is 17.1 Å². The minimum Gasteiger partial charge on any atom is -0.367 e. The predicted molar refractivity (Wildman–Crippen MR) is 67.6 cm³/mol. The molecule has 0 spiro atoms. The Hall–Kier alpha value is -1.09. The molecule has 1 aromatic rings. The van der Waals surface area contributed by atoms with Crippen LogP contribution in [-0.2, 0) is 5.41 Å². The normalized spacial score (nSPS) is 25.0. The first-order chi connectivity index (χ1) is 7.45. The van der Waals surface area contributed by atoms with E-state index in [9.17, 15) is 0 Å². The molecule has 3 heteroatoms. The summed E-state index contributed by atoms with van der Waals surface area (Å²) in [7, 11) is 0. The molecular weight excluding hydrogens is 198 g/mol. The van der Waals surface area contributed by atoms with Gasteiger partial charge in [0.1, 0.15) is 5.82 Å². The zero-order valence-corrected chi connectivity index (χ0v) is 10.3. The first-order valence-corrected chi connectivity index (χ1v) is 5.94. The van der Waals surface area contributed by atoms with Crippen LogP contribution in [0.1, 0.15) is 39.2 Å². The van der Waals surface area contributed by atoms with Crippen molar-refractivity contribution in [3.8, 4) is 0 Å². The summed E-state index contributed by atoms with van der Waals surface area (Å²) in [6, 6.07) is 5.10. The van der Waals surface area contributed by atoms with Crippen LogP contribution >= 0.6 is 0 Å². The van der Waals surface area contributed by atoms with Gasteiger partial charge < -0.3 is 11.1 Å². The average Bonchev–Trinajstić information content (AvgIpc) is 2.15. The molecule has 0 amide bonds. The first-order valence-electron chi connectivity index (χ1n) is 5.94. The summed E-state index contributed by atoms with van der Waals surface area (Å²) >= 11 is 0. The minimum absolute atomic E-state index is 0.171. The molecule has 0 atom stereocenters. The Labute approximate surface area is 97.5 Å². The van der Waals surface area contributed by atoms with Gasteiger partial charge in [-0.2, -0.15) is 0 Å². The standard InChI is InChI=1S/C13H21N3/c1-13(2,3)9-4-5-12(15-8-9)16-11-6-10(14)7-11/h4-5,8,10-11H,6-7,14H2,1-3H3,(H,15,16). The summed E-state index contributed by atoms with van der Waals surface area (Å²) in [4.78, 5) is 4.44. The number of nitrogens with one attached hydrogen (secondary N) is 1. The first kappa shape index (κ1) is 11.4. The van der Waals surface area contributed by atoms with E-state index < -0.39 is 0 Å². The Kier molecular flexibility index (Phi) is 2.89. The largest absolute Gasteiger partial charge is 0.367 e. The Balaban J connectivity index is 1.97. The molecule has 1 saturated carbocycles. The lowest BCUT2D eigenvalue weighted by atomic mass is 9.87. The van der Waals surface area contributed by atoms with Crippen LogP contribution in [0.25, 0.3) is 0 Å². The van der Waals surface area contributed by atoms with Crippen molar-refractivity contribution in [3.63, 3.8) is 0 Å². The zero-order valence-electron chi connectivity index (χ0n) is 10.3. The molecule has 0 unspecified atom stereocenters. The highest BCUT2D eigenvalue weighted by atomic mass is 15.0. The molecule has 0 bridgehead atoms. The van der Waals surface area contributed by atoms with Crippen LogP contribution in [0.3, 0.4) is 0 Å². The molecule has 3 nitrogen and oxygen atoms in total. The van der Waals surface area contributed by atoms with Crippen LogP contribution in [0, 0.1) is 0 Å². The van der Waals surface area contributed by atoms with E-state index in [-0.39, 0.29) is 5.41 Å². The van der Waals surface area contributed by atoms with Crippen molar-refractivity contribution in [1.82, 2.24) is 4.98 Å². The third kappa shape index (κ3) is 2.53.